The van der Waals surface area contributed by atoms with Gasteiger partial charge in [-0.3, -0.25) is 0 Å². The standard InChI is InChI=1S/C8H11N.C7H7F/c1-2-7-3-5-8(9)6-4-7;1-6-2-4-7(8)5-3-6/h3-6H,2,9H2,1H3;2-5H,1H3. The van der Waals surface area contributed by atoms with Gasteiger partial charge in [-0.15, -0.1) is 0 Å². The summed E-state index contributed by atoms with van der Waals surface area (Å²) in [7, 11) is 0. The van der Waals surface area contributed by atoms with Crippen molar-refractivity contribution >= 4 is 5.69 Å². The van der Waals surface area contributed by atoms with Gasteiger partial charge in [-0.2, -0.15) is 0 Å². The summed E-state index contributed by atoms with van der Waals surface area (Å²) in [6, 6.07) is 14.4. The van der Waals surface area contributed by atoms with E-state index in [2.05, 4.69) is 19.1 Å². The van der Waals surface area contributed by atoms with Crippen LogP contribution in [0.5, 0.6) is 0 Å². The molecule has 0 aliphatic carbocycles. The Bertz CT molecular complexity index is 410. The summed E-state index contributed by atoms with van der Waals surface area (Å²) >= 11 is 0. The van der Waals surface area contributed by atoms with Gasteiger partial charge in [0.25, 0.3) is 0 Å². The minimum Gasteiger partial charge on any atom is -0.399 e. The fourth-order valence-electron chi connectivity index (χ4n) is 1.29. The van der Waals surface area contributed by atoms with E-state index in [1.165, 1.54) is 17.7 Å². The van der Waals surface area contributed by atoms with Crippen LogP contribution in [-0.2, 0) is 6.42 Å². The molecule has 0 spiro atoms. The highest BCUT2D eigenvalue weighted by atomic mass is 19.1. The molecule has 1 nitrogen and oxygen atoms in total. The monoisotopic (exact) mass is 231 g/mol. The van der Waals surface area contributed by atoms with Crippen LogP contribution >= 0.6 is 0 Å². The molecule has 0 radical (unpaired) electrons. The smallest absolute Gasteiger partial charge is 0.123 e. The molecule has 0 unspecified atom stereocenters. The molecule has 0 heterocycles. The number of hydrogen-bond acceptors (Lipinski definition) is 1. The number of hydrogen-bond donors (Lipinski definition) is 1. The van der Waals surface area contributed by atoms with Gasteiger partial charge in [0, 0.05) is 5.69 Å². The maximum absolute atomic E-state index is 12.1. The Morgan fingerprint density at radius 2 is 1.47 bits per heavy atom. The average molecular weight is 231 g/mol. The van der Waals surface area contributed by atoms with E-state index < -0.39 is 0 Å². The Morgan fingerprint density at radius 1 is 0.941 bits per heavy atom. The number of halogens is 1. The predicted molar refractivity (Wildman–Crippen MR) is 71.4 cm³/mol. The van der Waals surface area contributed by atoms with Gasteiger partial charge in [0.15, 0.2) is 0 Å². The molecular weight excluding hydrogens is 213 g/mol. The molecule has 0 saturated heterocycles. The second-order valence-electron chi connectivity index (χ2n) is 3.89. The molecule has 2 heteroatoms. The fraction of sp³-hybridized carbons (Fsp3) is 0.200. The summed E-state index contributed by atoms with van der Waals surface area (Å²) in [5.74, 6) is -0.171. The van der Waals surface area contributed by atoms with Gasteiger partial charge in [-0.25, -0.2) is 4.39 Å². The Balaban J connectivity index is 0.000000171. The minimum absolute atomic E-state index is 0.171. The molecule has 0 fully saturated rings. The summed E-state index contributed by atoms with van der Waals surface area (Å²) in [5, 5.41) is 0. The van der Waals surface area contributed by atoms with E-state index in [4.69, 9.17) is 5.73 Å². The lowest BCUT2D eigenvalue weighted by molar-refractivity contribution is 0.627. The summed E-state index contributed by atoms with van der Waals surface area (Å²) in [6.45, 7) is 4.06. The van der Waals surface area contributed by atoms with Gasteiger partial charge >= 0.3 is 0 Å². The summed E-state index contributed by atoms with van der Waals surface area (Å²) in [6.07, 6.45) is 1.08. The third-order valence-electron chi connectivity index (χ3n) is 2.40. The van der Waals surface area contributed by atoms with Crippen molar-refractivity contribution < 1.29 is 4.39 Å². The Labute approximate surface area is 102 Å². The Hall–Kier alpha value is -1.83. The molecule has 0 atom stereocenters. The quantitative estimate of drug-likeness (QED) is 0.738. The van der Waals surface area contributed by atoms with E-state index in [1.54, 1.807) is 12.1 Å². The van der Waals surface area contributed by atoms with Crippen LogP contribution in [0.25, 0.3) is 0 Å². The number of aryl methyl sites for hydroxylation is 2. The van der Waals surface area contributed by atoms with E-state index in [-0.39, 0.29) is 5.82 Å². The topological polar surface area (TPSA) is 26.0 Å². The molecular formula is C15H18FN. The highest BCUT2D eigenvalue weighted by Gasteiger charge is 1.85. The van der Waals surface area contributed by atoms with Gasteiger partial charge in [-0.05, 0) is 43.2 Å². The summed E-state index contributed by atoms with van der Waals surface area (Å²) in [5.41, 5.74) is 8.75. The molecule has 0 aliphatic rings. The SMILES string of the molecule is CCc1ccc(N)cc1.Cc1ccc(F)cc1. The van der Waals surface area contributed by atoms with Crippen LogP contribution in [0.3, 0.4) is 0 Å². The number of benzene rings is 2. The molecule has 0 aliphatic heterocycles. The molecule has 2 N–H and O–H groups in total. The van der Waals surface area contributed by atoms with Crippen molar-refractivity contribution in [3.8, 4) is 0 Å². The molecule has 0 bridgehead atoms. The maximum Gasteiger partial charge on any atom is 0.123 e. The van der Waals surface area contributed by atoms with Crippen LogP contribution in [0.1, 0.15) is 18.1 Å². The van der Waals surface area contributed by atoms with Crippen molar-refractivity contribution in [1.82, 2.24) is 0 Å². The molecule has 90 valence electrons. The van der Waals surface area contributed by atoms with Crippen molar-refractivity contribution in [2.75, 3.05) is 5.73 Å². The van der Waals surface area contributed by atoms with Gasteiger partial charge in [-0.1, -0.05) is 36.8 Å². The highest BCUT2D eigenvalue weighted by molar-refractivity contribution is 5.39. The zero-order valence-corrected chi connectivity index (χ0v) is 10.3. The fourth-order valence-corrected chi connectivity index (χ4v) is 1.29. The largest absolute Gasteiger partial charge is 0.399 e. The molecule has 2 rings (SSSR count). The van der Waals surface area contributed by atoms with Crippen LogP contribution in [0.4, 0.5) is 10.1 Å². The summed E-state index contributed by atoms with van der Waals surface area (Å²) < 4.78 is 12.1. The zero-order chi connectivity index (χ0) is 12.7. The summed E-state index contributed by atoms with van der Waals surface area (Å²) in [4.78, 5) is 0. The number of anilines is 1. The third kappa shape index (κ3) is 5.16. The first-order valence-electron chi connectivity index (χ1n) is 5.68. The van der Waals surface area contributed by atoms with E-state index in [0.717, 1.165) is 17.7 Å². The van der Waals surface area contributed by atoms with E-state index in [1.807, 2.05) is 19.1 Å². The van der Waals surface area contributed by atoms with Crippen molar-refractivity contribution in [3.63, 3.8) is 0 Å². The second kappa shape index (κ2) is 6.69. The van der Waals surface area contributed by atoms with Crippen molar-refractivity contribution in [2.45, 2.75) is 20.3 Å². The van der Waals surface area contributed by atoms with Gasteiger partial charge in [0.05, 0.1) is 0 Å². The van der Waals surface area contributed by atoms with E-state index in [9.17, 15) is 4.39 Å². The molecule has 0 aromatic heterocycles. The lowest BCUT2D eigenvalue weighted by atomic mass is 10.2. The van der Waals surface area contributed by atoms with Crippen LogP contribution in [0, 0.1) is 12.7 Å². The number of rotatable bonds is 1. The Morgan fingerprint density at radius 3 is 1.88 bits per heavy atom. The van der Waals surface area contributed by atoms with Crippen LogP contribution in [0.15, 0.2) is 48.5 Å². The lowest BCUT2D eigenvalue weighted by Crippen LogP contribution is -1.84. The molecule has 0 saturated carbocycles. The van der Waals surface area contributed by atoms with Gasteiger partial charge < -0.3 is 5.73 Å². The molecule has 2 aromatic rings. The van der Waals surface area contributed by atoms with E-state index >= 15 is 0 Å². The van der Waals surface area contributed by atoms with Gasteiger partial charge in [0.1, 0.15) is 5.82 Å². The average Bonchev–Trinajstić information content (AvgIpc) is 2.35. The van der Waals surface area contributed by atoms with Crippen molar-refractivity contribution in [2.24, 2.45) is 0 Å². The van der Waals surface area contributed by atoms with Crippen molar-refractivity contribution in [1.29, 1.82) is 0 Å². The normalized spacial score (nSPS) is 9.35. The first kappa shape index (κ1) is 13.2. The Kier molecular flexibility index (Phi) is 5.21. The van der Waals surface area contributed by atoms with Crippen LogP contribution in [0.2, 0.25) is 0 Å². The minimum atomic E-state index is -0.171. The third-order valence-corrected chi connectivity index (χ3v) is 2.40. The lowest BCUT2D eigenvalue weighted by Gasteiger charge is -1.94. The predicted octanol–water partition coefficient (Wildman–Crippen LogP) is 3.97. The zero-order valence-electron chi connectivity index (χ0n) is 10.3. The first-order valence-corrected chi connectivity index (χ1v) is 5.68. The molecule has 0 amide bonds. The van der Waals surface area contributed by atoms with Crippen LogP contribution in [-0.4, -0.2) is 0 Å². The number of nitrogens with two attached hydrogens (primary N) is 1. The maximum atomic E-state index is 12.1. The van der Waals surface area contributed by atoms with Crippen LogP contribution < -0.4 is 5.73 Å². The number of nitrogen functional groups attached to an aromatic ring is 1. The second-order valence-corrected chi connectivity index (χ2v) is 3.89. The van der Waals surface area contributed by atoms with Crippen molar-refractivity contribution in [3.05, 3.63) is 65.5 Å². The van der Waals surface area contributed by atoms with Gasteiger partial charge in [0.2, 0.25) is 0 Å². The molecule has 17 heavy (non-hydrogen) atoms. The molecule has 2 aromatic carbocycles. The van der Waals surface area contributed by atoms with E-state index in [0.29, 0.717) is 0 Å². The first-order chi connectivity index (χ1) is 8.11. The highest BCUT2D eigenvalue weighted by Crippen LogP contribution is 2.04.